The fourth-order valence-corrected chi connectivity index (χ4v) is 7.05. The van der Waals surface area contributed by atoms with Crippen molar-refractivity contribution in [3.8, 4) is 0 Å². The van der Waals surface area contributed by atoms with Gasteiger partial charge in [0.15, 0.2) is 0 Å². The van der Waals surface area contributed by atoms with E-state index in [1.165, 1.54) is 54.7 Å². The molecule has 4 rings (SSSR count). The number of aromatic nitrogens is 1. The highest BCUT2D eigenvalue weighted by molar-refractivity contribution is 7.92. The van der Waals surface area contributed by atoms with E-state index in [1.807, 2.05) is 0 Å². The molecule has 15 heteroatoms. The van der Waals surface area contributed by atoms with E-state index < -0.39 is 57.3 Å². The molecule has 0 saturated heterocycles. The van der Waals surface area contributed by atoms with E-state index in [2.05, 4.69) is 5.32 Å². The Morgan fingerprint density at radius 3 is 1.90 bits per heavy atom. The maximum Gasteiger partial charge on any atom is 0.419 e. The number of carbonyl (C=O) groups is 4. The first-order chi connectivity index (χ1) is 23.8. The third-order valence-corrected chi connectivity index (χ3v) is 9.01. The van der Waals surface area contributed by atoms with Crippen molar-refractivity contribution in [1.82, 2.24) is 4.57 Å². The molecule has 0 unspecified atom stereocenters. The third-order valence-electron chi connectivity index (χ3n) is 6.82. The van der Waals surface area contributed by atoms with Gasteiger partial charge in [0, 0.05) is 21.6 Å². The molecule has 0 bridgehead atoms. The number of nitrogens with one attached hydrogen (secondary N) is 1. The molecule has 4 aromatic rings. The number of fused-ring (bicyclic) bond motifs is 1. The molecule has 0 radical (unpaired) electrons. The van der Waals surface area contributed by atoms with Crippen molar-refractivity contribution in [3.63, 3.8) is 0 Å². The summed E-state index contributed by atoms with van der Waals surface area (Å²) < 4.78 is 46.8. The summed E-state index contributed by atoms with van der Waals surface area (Å²) in [4.78, 5) is 53.2. The monoisotopic (exact) mass is 773 g/mol. The summed E-state index contributed by atoms with van der Waals surface area (Å²) in [6.07, 6.45) is 0.378. The van der Waals surface area contributed by atoms with Gasteiger partial charge in [-0.2, -0.15) is 0 Å². The molecule has 0 aliphatic rings. The number of anilines is 2. The van der Waals surface area contributed by atoms with E-state index in [0.29, 0.717) is 0 Å². The lowest BCUT2D eigenvalue weighted by atomic mass is 10.1. The average molecular weight is 775 g/mol. The smallest absolute Gasteiger partial charge is 0.419 e. The second-order valence-corrected chi connectivity index (χ2v) is 17.5. The van der Waals surface area contributed by atoms with Gasteiger partial charge in [-0.25, -0.2) is 18.0 Å². The predicted octanol–water partition coefficient (Wildman–Crippen LogP) is 8.48. The Kier molecular flexibility index (Phi) is 11.4. The first kappa shape index (κ1) is 40.2. The second kappa shape index (κ2) is 14.8. The van der Waals surface area contributed by atoms with Gasteiger partial charge in [0.2, 0.25) is 0 Å². The number of carbonyl (C=O) groups excluding carboxylic acids is 4. The summed E-state index contributed by atoms with van der Waals surface area (Å²) in [6, 6.07) is 14.2. The van der Waals surface area contributed by atoms with Crippen molar-refractivity contribution in [2.75, 3.05) is 16.2 Å². The molecule has 0 spiro atoms. The fourth-order valence-electron chi connectivity index (χ4n) is 4.92. The quantitative estimate of drug-likeness (QED) is 0.137. The molecule has 3 aromatic carbocycles. The van der Waals surface area contributed by atoms with E-state index >= 15 is 0 Å². The minimum Gasteiger partial charge on any atom is -0.459 e. The van der Waals surface area contributed by atoms with Gasteiger partial charge >= 0.3 is 18.0 Å². The van der Waals surface area contributed by atoms with Gasteiger partial charge < -0.3 is 19.5 Å². The van der Waals surface area contributed by atoms with E-state index in [0.717, 1.165) is 8.87 Å². The molecular formula is C37H41Cl2N3O9S. The third kappa shape index (κ3) is 10.0. The number of ether oxygens (including phenoxy) is 3. The Morgan fingerprint density at radius 2 is 1.33 bits per heavy atom. The Balaban J connectivity index is 1.89. The lowest BCUT2D eigenvalue weighted by Gasteiger charge is -2.26. The minimum absolute atomic E-state index is 0.00502. The molecule has 0 aliphatic carbocycles. The lowest BCUT2D eigenvalue weighted by Crippen LogP contribution is -2.39. The Hall–Kier alpha value is -4.59. The summed E-state index contributed by atoms with van der Waals surface area (Å²) in [5, 5.41) is 3.04. The van der Waals surface area contributed by atoms with Crippen molar-refractivity contribution in [2.45, 2.75) is 84.0 Å². The van der Waals surface area contributed by atoms with Crippen molar-refractivity contribution in [1.29, 1.82) is 0 Å². The number of para-hydroxylation sites is 1. The highest BCUT2D eigenvalue weighted by Gasteiger charge is 2.32. The first-order valence-corrected chi connectivity index (χ1v) is 18.3. The maximum absolute atomic E-state index is 14.2. The van der Waals surface area contributed by atoms with Crippen LogP contribution < -0.4 is 9.62 Å². The molecule has 1 amide bonds. The van der Waals surface area contributed by atoms with Crippen LogP contribution >= 0.6 is 23.2 Å². The molecule has 1 aromatic heterocycles. The number of rotatable bonds is 8. The van der Waals surface area contributed by atoms with Crippen molar-refractivity contribution < 1.29 is 41.8 Å². The van der Waals surface area contributed by atoms with Crippen LogP contribution in [-0.4, -0.2) is 60.3 Å². The predicted molar refractivity (Wildman–Crippen MR) is 200 cm³/mol. The molecule has 12 nitrogen and oxygen atoms in total. The molecule has 278 valence electrons. The summed E-state index contributed by atoms with van der Waals surface area (Å²) in [7, 11) is -4.54. The van der Waals surface area contributed by atoms with Gasteiger partial charge in [-0.3, -0.25) is 18.5 Å². The van der Waals surface area contributed by atoms with Crippen LogP contribution in [0.4, 0.5) is 16.2 Å². The number of esters is 2. The first-order valence-electron chi connectivity index (χ1n) is 16.1. The van der Waals surface area contributed by atoms with Crippen LogP contribution in [0.25, 0.3) is 10.9 Å². The van der Waals surface area contributed by atoms with Gasteiger partial charge in [-0.15, -0.1) is 0 Å². The summed E-state index contributed by atoms with van der Waals surface area (Å²) in [5.41, 5.74) is -2.40. The van der Waals surface area contributed by atoms with Gasteiger partial charge in [-0.05, 0) is 111 Å². The number of halogens is 2. The van der Waals surface area contributed by atoms with Crippen LogP contribution in [0.2, 0.25) is 10.0 Å². The zero-order valence-corrected chi connectivity index (χ0v) is 32.6. The van der Waals surface area contributed by atoms with Crippen LogP contribution in [0.5, 0.6) is 0 Å². The van der Waals surface area contributed by atoms with Crippen LogP contribution in [0.15, 0.2) is 71.8 Å². The van der Waals surface area contributed by atoms with Crippen LogP contribution in [0, 0.1) is 0 Å². The van der Waals surface area contributed by atoms with E-state index in [4.69, 9.17) is 37.4 Å². The molecule has 1 N–H and O–H groups in total. The van der Waals surface area contributed by atoms with Gasteiger partial charge in [-0.1, -0.05) is 35.3 Å². The molecular weight excluding hydrogens is 733 g/mol. The Labute approximate surface area is 313 Å². The van der Waals surface area contributed by atoms with Crippen molar-refractivity contribution in [3.05, 3.63) is 88.0 Å². The van der Waals surface area contributed by atoms with E-state index in [-0.39, 0.29) is 48.3 Å². The number of hydrogen-bond acceptors (Lipinski definition) is 9. The molecule has 1 heterocycles. The molecule has 0 saturated carbocycles. The largest absolute Gasteiger partial charge is 0.459 e. The lowest BCUT2D eigenvalue weighted by molar-refractivity contribution is -0.152. The minimum atomic E-state index is -4.54. The van der Waals surface area contributed by atoms with Gasteiger partial charge in [0.05, 0.1) is 32.9 Å². The SMILES string of the molecule is CC(C)(C)OC(=O)CN(c1ccc2c(C(=O)Nc3ccccc3C(=O)OC(C)(C)C)cn(C(=O)OC(C)(C)C)c2c1)S(=O)(=O)c1cc(Cl)cc(Cl)c1. The van der Waals surface area contributed by atoms with Gasteiger partial charge in [0.25, 0.3) is 15.9 Å². The van der Waals surface area contributed by atoms with Crippen molar-refractivity contribution in [2.24, 2.45) is 0 Å². The molecule has 0 atom stereocenters. The molecule has 0 fully saturated rings. The number of amides is 1. The summed E-state index contributed by atoms with van der Waals surface area (Å²) in [6.45, 7) is 14.3. The highest BCUT2D eigenvalue weighted by Crippen LogP contribution is 2.33. The Morgan fingerprint density at radius 1 is 0.750 bits per heavy atom. The average Bonchev–Trinajstić information content (AvgIpc) is 3.36. The van der Waals surface area contributed by atoms with E-state index in [9.17, 15) is 27.6 Å². The number of benzene rings is 3. The summed E-state index contributed by atoms with van der Waals surface area (Å²) >= 11 is 12.3. The van der Waals surface area contributed by atoms with Gasteiger partial charge in [0.1, 0.15) is 23.3 Å². The zero-order valence-electron chi connectivity index (χ0n) is 30.3. The highest BCUT2D eigenvalue weighted by atomic mass is 35.5. The maximum atomic E-state index is 14.2. The standard InChI is InChI=1S/C37H41Cl2N3O9S/c1-35(2,3)49-31(43)21-42(52(47,48)25-17-22(38)16-23(39)18-25)24-14-15-26-28(20-41(30(26)19-24)34(46)51-37(7,8)9)32(44)40-29-13-11-10-12-27(29)33(45)50-36(4,5)6/h10-20H,21H2,1-9H3,(H,40,44). The van der Waals surface area contributed by atoms with Crippen molar-refractivity contribution >= 4 is 79.4 Å². The van der Waals surface area contributed by atoms with E-state index in [1.54, 1.807) is 74.4 Å². The number of hydrogen-bond donors (Lipinski definition) is 1. The molecule has 52 heavy (non-hydrogen) atoms. The number of nitrogens with zero attached hydrogens (tertiary/aromatic N) is 2. The fraction of sp³-hybridized carbons (Fsp3) is 0.351. The normalized spacial score (nSPS) is 12.3. The van der Waals surface area contributed by atoms with Crippen LogP contribution in [0.3, 0.4) is 0 Å². The Bertz CT molecular complexity index is 2140. The number of sulfonamides is 1. The van der Waals surface area contributed by atoms with Crippen LogP contribution in [-0.2, 0) is 29.0 Å². The molecule has 0 aliphatic heterocycles. The topological polar surface area (TPSA) is 150 Å². The van der Waals surface area contributed by atoms with Crippen LogP contribution in [0.1, 0.15) is 83.0 Å². The second-order valence-electron chi connectivity index (χ2n) is 14.8. The summed E-state index contributed by atoms with van der Waals surface area (Å²) in [5.74, 6) is -2.21. The zero-order chi connectivity index (χ0) is 39.0.